The quantitative estimate of drug-likeness (QED) is 0.347. The van der Waals surface area contributed by atoms with Crippen molar-refractivity contribution in [3.05, 3.63) is 69.7 Å². The molecule has 0 atom stereocenters. The summed E-state index contributed by atoms with van der Waals surface area (Å²) in [6, 6.07) is 14.9. The highest BCUT2D eigenvalue weighted by Gasteiger charge is 2.15. The van der Waals surface area contributed by atoms with Crippen molar-refractivity contribution in [3.8, 4) is 23.0 Å². The van der Waals surface area contributed by atoms with E-state index >= 15 is 0 Å². The minimum absolute atomic E-state index is 0.0710. The van der Waals surface area contributed by atoms with Crippen molar-refractivity contribution in [2.75, 3.05) is 11.9 Å². The van der Waals surface area contributed by atoms with Crippen molar-refractivity contribution in [3.63, 3.8) is 0 Å². The van der Waals surface area contributed by atoms with Crippen LogP contribution < -0.4 is 10.1 Å². The van der Waals surface area contributed by atoms with Crippen LogP contribution in [0.3, 0.4) is 0 Å². The summed E-state index contributed by atoms with van der Waals surface area (Å²) in [6.45, 7) is 2.42. The molecular formula is C22H16BrClN2O4. The highest BCUT2D eigenvalue weighted by Crippen LogP contribution is 2.34. The van der Waals surface area contributed by atoms with Crippen molar-refractivity contribution in [1.82, 2.24) is 4.98 Å². The molecule has 0 radical (unpaired) electrons. The van der Waals surface area contributed by atoms with Crippen LogP contribution in [0.1, 0.15) is 17.3 Å². The lowest BCUT2D eigenvalue weighted by Gasteiger charge is -2.10. The Morgan fingerprint density at radius 3 is 2.77 bits per heavy atom. The Hall–Kier alpha value is -3.03. The predicted molar refractivity (Wildman–Crippen MR) is 119 cm³/mol. The Labute approximate surface area is 185 Å². The first-order chi connectivity index (χ1) is 14.4. The Morgan fingerprint density at radius 1 is 1.20 bits per heavy atom. The van der Waals surface area contributed by atoms with Gasteiger partial charge in [0.2, 0.25) is 5.89 Å². The number of amides is 1. The second-order valence-electron chi connectivity index (χ2n) is 6.40. The fraction of sp³-hybridized carbons (Fsp3) is 0.0909. The summed E-state index contributed by atoms with van der Waals surface area (Å²) in [7, 11) is 0. The summed E-state index contributed by atoms with van der Waals surface area (Å²) in [5.74, 6) is 0.537. The van der Waals surface area contributed by atoms with Gasteiger partial charge in [-0.15, -0.1) is 0 Å². The molecule has 0 aliphatic carbocycles. The summed E-state index contributed by atoms with van der Waals surface area (Å²) in [5, 5.41) is 13.8. The van der Waals surface area contributed by atoms with Crippen LogP contribution in [0.15, 0.2) is 63.5 Å². The van der Waals surface area contributed by atoms with Gasteiger partial charge in [0, 0.05) is 22.3 Å². The Kier molecular flexibility index (Phi) is 5.65. The van der Waals surface area contributed by atoms with Gasteiger partial charge in [-0.1, -0.05) is 11.6 Å². The topological polar surface area (TPSA) is 84.6 Å². The normalized spacial score (nSPS) is 10.9. The molecule has 152 valence electrons. The highest BCUT2D eigenvalue weighted by molar-refractivity contribution is 9.10. The van der Waals surface area contributed by atoms with E-state index in [0.717, 1.165) is 0 Å². The summed E-state index contributed by atoms with van der Waals surface area (Å²) in [4.78, 5) is 16.9. The first kappa shape index (κ1) is 20.3. The third-order valence-corrected chi connectivity index (χ3v) is 5.18. The van der Waals surface area contributed by atoms with E-state index in [1.165, 1.54) is 6.07 Å². The smallest absolute Gasteiger partial charge is 0.255 e. The second-order valence-corrected chi connectivity index (χ2v) is 7.69. The van der Waals surface area contributed by atoms with Gasteiger partial charge in [0.05, 0.1) is 16.6 Å². The molecule has 0 spiro atoms. The third kappa shape index (κ3) is 4.13. The maximum absolute atomic E-state index is 12.6. The molecule has 1 amide bonds. The second kappa shape index (κ2) is 8.38. The molecule has 3 aromatic carbocycles. The van der Waals surface area contributed by atoms with Gasteiger partial charge in [-0.05, 0) is 71.4 Å². The van der Waals surface area contributed by atoms with Crippen LogP contribution in [-0.4, -0.2) is 22.6 Å². The first-order valence-corrected chi connectivity index (χ1v) is 10.2. The van der Waals surface area contributed by atoms with E-state index < -0.39 is 0 Å². The molecule has 0 aliphatic rings. The minimum Gasteiger partial charge on any atom is -0.507 e. The van der Waals surface area contributed by atoms with Crippen LogP contribution in [0.2, 0.25) is 5.02 Å². The Morgan fingerprint density at radius 2 is 2.03 bits per heavy atom. The zero-order valence-electron chi connectivity index (χ0n) is 15.8. The lowest BCUT2D eigenvalue weighted by molar-refractivity contribution is 0.102. The molecule has 0 aliphatic heterocycles. The van der Waals surface area contributed by atoms with E-state index in [2.05, 4.69) is 26.2 Å². The molecule has 1 heterocycles. The molecule has 30 heavy (non-hydrogen) atoms. The molecule has 4 aromatic rings. The van der Waals surface area contributed by atoms with E-state index in [4.69, 9.17) is 20.8 Å². The van der Waals surface area contributed by atoms with Crippen LogP contribution in [0.5, 0.6) is 11.5 Å². The maximum Gasteiger partial charge on any atom is 0.255 e. The van der Waals surface area contributed by atoms with E-state index in [1.54, 1.807) is 48.5 Å². The molecule has 0 bridgehead atoms. The standard InChI is InChI=1S/C22H16BrClN2O4/c1-2-29-19-7-3-12(9-16(19)23)21(28)25-14-5-6-15(18(27)11-14)22-26-17-10-13(24)4-8-20(17)30-22/h3-11,27H,2H2,1H3,(H,25,28). The number of nitrogens with one attached hydrogen (secondary N) is 1. The largest absolute Gasteiger partial charge is 0.507 e. The van der Waals surface area contributed by atoms with Crippen molar-refractivity contribution >= 4 is 50.2 Å². The van der Waals surface area contributed by atoms with Gasteiger partial charge in [0.15, 0.2) is 5.58 Å². The molecule has 1 aromatic heterocycles. The molecule has 0 unspecified atom stereocenters. The minimum atomic E-state index is -0.317. The average molecular weight is 488 g/mol. The first-order valence-electron chi connectivity index (χ1n) is 9.08. The number of fused-ring (bicyclic) bond motifs is 1. The van der Waals surface area contributed by atoms with Gasteiger partial charge in [-0.3, -0.25) is 4.79 Å². The molecule has 6 nitrogen and oxygen atoms in total. The number of oxazole rings is 1. The van der Waals surface area contributed by atoms with Crippen LogP contribution in [0, 0.1) is 0 Å². The van der Waals surface area contributed by atoms with Crippen LogP contribution in [0.25, 0.3) is 22.6 Å². The predicted octanol–water partition coefficient (Wildman–Crippen LogP) is 6.27. The Bertz CT molecular complexity index is 1260. The maximum atomic E-state index is 12.6. The van der Waals surface area contributed by atoms with Crippen LogP contribution >= 0.6 is 27.5 Å². The number of nitrogens with zero attached hydrogens (tertiary/aromatic N) is 1. The van der Waals surface area contributed by atoms with E-state index in [0.29, 0.717) is 49.8 Å². The molecule has 0 fully saturated rings. The highest BCUT2D eigenvalue weighted by atomic mass is 79.9. The van der Waals surface area contributed by atoms with Crippen molar-refractivity contribution in [2.45, 2.75) is 6.92 Å². The number of aromatic nitrogens is 1. The summed E-state index contributed by atoms with van der Waals surface area (Å²) in [6.07, 6.45) is 0. The molecule has 2 N–H and O–H groups in total. The number of hydrogen-bond acceptors (Lipinski definition) is 5. The number of anilines is 1. The summed E-state index contributed by atoms with van der Waals surface area (Å²) < 4.78 is 11.8. The average Bonchev–Trinajstić information content (AvgIpc) is 3.12. The molecule has 4 rings (SSSR count). The number of phenols is 1. The fourth-order valence-corrected chi connectivity index (χ4v) is 3.58. The van der Waals surface area contributed by atoms with E-state index in [-0.39, 0.29) is 17.5 Å². The lowest BCUT2D eigenvalue weighted by Crippen LogP contribution is -2.12. The van der Waals surface area contributed by atoms with Crippen molar-refractivity contribution < 1.29 is 19.1 Å². The number of carbonyl (C=O) groups excluding carboxylic acids is 1. The van der Waals surface area contributed by atoms with Gasteiger partial charge < -0.3 is 19.6 Å². The number of benzene rings is 3. The summed E-state index contributed by atoms with van der Waals surface area (Å²) >= 11 is 9.37. The molecule has 8 heteroatoms. The fourth-order valence-electron chi connectivity index (χ4n) is 2.92. The number of aromatic hydroxyl groups is 1. The number of hydrogen-bond donors (Lipinski definition) is 2. The number of carbonyl (C=O) groups is 1. The van der Waals surface area contributed by atoms with Gasteiger partial charge in [-0.25, -0.2) is 4.98 Å². The van der Waals surface area contributed by atoms with Gasteiger partial charge in [0.25, 0.3) is 5.91 Å². The van der Waals surface area contributed by atoms with E-state index in [1.807, 2.05) is 6.92 Å². The Balaban J connectivity index is 1.55. The zero-order valence-corrected chi connectivity index (χ0v) is 18.1. The lowest BCUT2D eigenvalue weighted by atomic mass is 10.1. The zero-order chi connectivity index (χ0) is 21.3. The summed E-state index contributed by atoms with van der Waals surface area (Å²) in [5.41, 5.74) is 2.45. The van der Waals surface area contributed by atoms with Gasteiger partial charge >= 0.3 is 0 Å². The van der Waals surface area contributed by atoms with Gasteiger partial charge in [0.1, 0.15) is 17.0 Å². The number of halogens is 2. The van der Waals surface area contributed by atoms with Crippen LogP contribution in [0.4, 0.5) is 5.69 Å². The number of phenolic OH excluding ortho intramolecular Hbond substituents is 1. The number of ether oxygens (including phenoxy) is 1. The van der Waals surface area contributed by atoms with E-state index in [9.17, 15) is 9.90 Å². The monoisotopic (exact) mass is 486 g/mol. The van der Waals surface area contributed by atoms with Gasteiger partial charge in [-0.2, -0.15) is 0 Å². The molecular weight excluding hydrogens is 472 g/mol. The SMILES string of the molecule is CCOc1ccc(C(=O)Nc2ccc(-c3nc4cc(Cl)ccc4o3)c(O)c2)cc1Br. The van der Waals surface area contributed by atoms with Crippen molar-refractivity contribution in [2.24, 2.45) is 0 Å². The third-order valence-electron chi connectivity index (χ3n) is 4.33. The molecule has 0 saturated carbocycles. The molecule has 0 saturated heterocycles. The van der Waals surface area contributed by atoms with Crippen LogP contribution in [-0.2, 0) is 0 Å². The van der Waals surface area contributed by atoms with Crippen molar-refractivity contribution in [1.29, 1.82) is 0 Å². The number of rotatable bonds is 5.